The van der Waals surface area contributed by atoms with Crippen LogP contribution in [0.15, 0.2) is 52.1 Å². The molecule has 2 heterocycles. The lowest BCUT2D eigenvalue weighted by Crippen LogP contribution is -2.39. The molecule has 2 aromatic carbocycles. The Morgan fingerprint density at radius 1 is 1.06 bits per heavy atom. The van der Waals surface area contributed by atoms with Crippen molar-refractivity contribution in [1.82, 2.24) is 15.5 Å². The van der Waals surface area contributed by atoms with E-state index in [1.54, 1.807) is 0 Å². The first-order chi connectivity index (χ1) is 15.3. The van der Waals surface area contributed by atoms with E-state index in [4.69, 9.17) is 16.2 Å². The molecule has 162 valence electrons. The Morgan fingerprint density at radius 2 is 1.87 bits per heavy atom. The van der Waals surface area contributed by atoms with Gasteiger partial charge in [-0.25, -0.2) is 5.84 Å². The predicted molar refractivity (Wildman–Crippen MR) is 123 cm³/mol. The molecule has 5 rings (SSSR count). The standard InChI is InChI=1S/C24H30N6O/c25-27-24(28-26)19-8-9-22-21(15-19)23(31-29-22)18-5-3-4-17(14-18)16-10-12-30(13-11-16)20-6-1-2-7-20/h3-5,8-9,14-16,20H,1-2,6-7,10-13,25-26H2,(H,27,28). The van der Waals surface area contributed by atoms with Crippen LogP contribution in [0.4, 0.5) is 0 Å². The number of nitrogens with two attached hydrogens (primary N) is 2. The van der Waals surface area contributed by atoms with Crippen molar-refractivity contribution in [2.75, 3.05) is 13.1 Å². The average Bonchev–Trinajstić information content (AvgIpc) is 3.50. The number of hydrogen-bond acceptors (Lipinski definition) is 6. The molecule has 5 N–H and O–H groups in total. The van der Waals surface area contributed by atoms with Crippen LogP contribution in [0, 0.1) is 0 Å². The number of likely N-dealkylation sites (tertiary alicyclic amines) is 1. The van der Waals surface area contributed by atoms with Gasteiger partial charge in [-0.05, 0) is 74.5 Å². The smallest absolute Gasteiger partial charge is 0.174 e. The van der Waals surface area contributed by atoms with Gasteiger partial charge < -0.3 is 20.7 Å². The lowest BCUT2D eigenvalue weighted by molar-refractivity contribution is 0.154. The number of piperidine rings is 1. The van der Waals surface area contributed by atoms with Gasteiger partial charge in [0.05, 0.1) is 5.39 Å². The Balaban J connectivity index is 1.39. The van der Waals surface area contributed by atoms with Crippen LogP contribution >= 0.6 is 0 Å². The number of benzene rings is 2. The highest BCUT2D eigenvalue weighted by atomic mass is 16.5. The Kier molecular flexibility index (Phi) is 5.61. The fraction of sp³-hybridized carbons (Fsp3) is 0.417. The lowest BCUT2D eigenvalue weighted by atomic mass is 9.87. The number of amidine groups is 1. The third-order valence-electron chi connectivity index (χ3n) is 7.01. The zero-order valence-corrected chi connectivity index (χ0v) is 17.8. The molecule has 0 spiro atoms. The quantitative estimate of drug-likeness (QED) is 0.258. The first-order valence-electron chi connectivity index (χ1n) is 11.3. The molecule has 1 aliphatic heterocycles. The van der Waals surface area contributed by atoms with Crippen molar-refractivity contribution in [2.24, 2.45) is 16.8 Å². The molecule has 2 fully saturated rings. The van der Waals surface area contributed by atoms with Crippen molar-refractivity contribution in [3.05, 3.63) is 53.6 Å². The number of rotatable bonds is 4. The molecule has 7 heteroatoms. The van der Waals surface area contributed by atoms with Crippen molar-refractivity contribution in [1.29, 1.82) is 0 Å². The molecule has 0 amide bonds. The van der Waals surface area contributed by atoms with Gasteiger partial charge >= 0.3 is 0 Å². The van der Waals surface area contributed by atoms with Gasteiger partial charge in [0.1, 0.15) is 5.52 Å². The van der Waals surface area contributed by atoms with E-state index in [9.17, 15) is 0 Å². The first kappa shape index (κ1) is 20.0. The summed E-state index contributed by atoms with van der Waals surface area (Å²) in [7, 11) is 0. The summed E-state index contributed by atoms with van der Waals surface area (Å²) >= 11 is 0. The second kappa shape index (κ2) is 8.69. The Labute approximate surface area is 182 Å². The highest BCUT2D eigenvalue weighted by molar-refractivity contribution is 6.03. The number of fused-ring (bicyclic) bond motifs is 1. The summed E-state index contributed by atoms with van der Waals surface area (Å²) in [5, 5.41) is 8.86. The molecular weight excluding hydrogens is 388 g/mol. The van der Waals surface area contributed by atoms with E-state index in [1.165, 1.54) is 57.2 Å². The van der Waals surface area contributed by atoms with Gasteiger partial charge in [-0.1, -0.05) is 36.2 Å². The molecule has 0 bridgehead atoms. The summed E-state index contributed by atoms with van der Waals surface area (Å²) in [4.78, 5) is 2.72. The second-order valence-corrected chi connectivity index (χ2v) is 8.74. The molecule has 1 saturated heterocycles. The Hall–Kier alpha value is -2.90. The number of aromatic nitrogens is 1. The van der Waals surface area contributed by atoms with Gasteiger partial charge in [-0.3, -0.25) is 0 Å². The van der Waals surface area contributed by atoms with Crippen LogP contribution in [-0.2, 0) is 0 Å². The molecule has 1 aromatic heterocycles. The van der Waals surface area contributed by atoms with E-state index >= 15 is 0 Å². The van der Waals surface area contributed by atoms with Gasteiger partial charge in [-0.15, -0.1) is 0 Å². The van der Waals surface area contributed by atoms with E-state index in [0.717, 1.165) is 33.8 Å². The number of hydrogen-bond donors (Lipinski definition) is 3. The third kappa shape index (κ3) is 3.91. The van der Waals surface area contributed by atoms with E-state index in [2.05, 4.69) is 44.8 Å². The topological polar surface area (TPSA) is 106 Å². The molecule has 0 radical (unpaired) electrons. The molecule has 3 aromatic rings. The van der Waals surface area contributed by atoms with Crippen LogP contribution in [0.1, 0.15) is 55.6 Å². The van der Waals surface area contributed by atoms with E-state index in [1.807, 2.05) is 18.2 Å². The minimum absolute atomic E-state index is 0.414. The van der Waals surface area contributed by atoms with Crippen molar-refractivity contribution in [2.45, 2.75) is 50.5 Å². The van der Waals surface area contributed by atoms with Crippen LogP contribution in [-0.4, -0.2) is 35.0 Å². The van der Waals surface area contributed by atoms with Crippen molar-refractivity contribution < 1.29 is 4.52 Å². The van der Waals surface area contributed by atoms with Crippen LogP contribution < -0.4 is 17.1 Å². The molecule has 0 unspecified atom stereocenters. The van der Waals surface area contributed by atoms with Gasteiger partial charge in [0, 0.05) is 17.2 Å². The van der Waals surface area contributed by atoms with E-state index < -0.39 is 0 Å². The Morgan fingerprint density at radius 3 is 2.61 bits per heavy atom. The van der Waals surface area contributed by atoms with Crippen molar-refractivity contribution >= 4 is 16.7 Å². The maximum Gasteiger partial charge on any atom is 0.174 e. The summed E-state index contributed by atoms with van der Waals surface area (Å²) in [6.45, 7) is 2.42. The molecule has 31 heavy (non-hydrogen) atoms. The number of hydrazone groups is 1. The minimum Gasteiger partial charge on any atom is -0.355 e. The van der Waals surface area contributed by atoms with Crippen molar-refractivity contribution in [3.8, 4) is 11.3 Å². The zero-order valence-electron chi connectivity index (χ0n) is 17.8. The SMILES string of the molecule is N/N=C(\NN)c1ccc2noc(-c3cccc(C4CCN(C5CCCC5)CC4)c3)c2c1. The largest absolute Gasteiger partial charge is 0.355 e. The summed E-state index contributed by atoms with van der Waals surface area (Å²) in [5.41, 5.74) is 6.54. The van der Waals surface area contributed by atoms with Crippen molar-refractivity contribution in [3.63, 3.8) is 0 Å². The van der Waals surface area contributed by atoms with Gasteiger partial charge in [0.2, 0.25) is 0 Å². The fourth-order valence-corrected chi connectivity index (χ4v) is 5.29. The van der Waals surface area contributed by atoms with E-state index in [-0.39, 0.29) is 0 Å². The summed E-state index contributed by atoms with van der Waals surface area (Å²) in [5.74, 6) is 12.7. The normalized spacial score (nSPS) is 19.3. The third-order valence-corrected chi connectivity index (χ3v) is 7.01. The molecule has 2 aliphatic rings. The zero-order chi connectivity index (χ0) is 21.2. The average molecular weight is 419 g/mol. The van der Waals surface area contributed by atoms with Crippen LogP contribution in [0.3, 0.4) is 0 Å². The monoisotopic (exact) mass is 418 g/mol. The maximum absolute atomic E-state index is 5.75. The fourth-order valence-electron chi connectivity index (χ4n) is 5.29. The van der Waals surface area contributed by atoms with Gasteiger partial charge in [0.15, 0.2) is 11.6 Å². The van der Waals surface area contributed by atoms with Crippen LogP contribution in [0.2, 0.25) is 0 Å². The number of nitrogens with one attached hydrogen (secondary N) is 1. The van der Waals surface area contributed by atoms with Gasteiger partial charge in [0.25, 0.3) is 0 Å². The predicted octanol–water partition coefficient (Wildman–Crippen LogP) is 3.70. The van der Waals surface area contributed by atoms with Gasteiger partial charge in [-0.2, -0.15) is 5.10 Å². The van der Waals surface area contributed by atoms with Crippen LogP contribution in [0.25, 0.3) is 22.2 Å². The second-order valence-electron chi connectivity index (χ2n) is 8.74. The lowest BCUT2D eigenvalue weighted by Gasteiger charge is -2.36. The van der Waals surface area contributed by atoms with Crippen LogP contribution in [0.5, 0.6) is 0 Å². The molecular formula is C24H30N6O. The highest BCUT2D eigenvalue weighted by Crippen LogP contribution is 2.35. The molecule has 0 atom stereocenters. The minimum atomic E-state index is 0.414. The first-order valence-corrected chi connectivity index (χ1v) is 11.3. The highest BCUT2D eigenvalue weighted by Gasteiger charge is 2.28. The van der Waals surface area contributed by atoms with E-state index in [0.29, 0.717) is 11.8 Å². The number of hydrazine groups is 1. The Bertz CT molecular complexity index is 1080. The molecule has 7 nitrogen and oxygen atoms in total. The summed E-state index contributed by atoms with van der Waals surface area (Å²) < 4.78 is 5.75. The number of nitrogens with zero attached hydrogens (tertiary/aromatic N) is 3. The summed E-state index contributed by atoms with van der Waals surface area (Å²) in [6.07, 6.45) is 8.02. The summed E-state index contributed by atoms with van der Waals surface area (Å²) in [6, 6.07) is 15.3. The molecule has 1 aliphatic carbocycles. The maximum atomic E-state index is 5.75. The molecule has 1 saturated carbocycles.